The van der Waals surface area contributed by atoms with Crippen LogP contribution in [0.25, 0.3) is 11.1 Å². The molecule has 7 nitrogen and oxygen atoms in total. The molecule has 1 aliphatic heterocycles. The minimum absolute atomic E-state index is 0.0678. The van der Waals surface area contributed by atoms with Crippen LogP contribution in [0, 0.1) is 0 Å². The molecule has 0 bridgehead atoms. The second-order valence-corrected chi connectivity index (χ2v) is 12.3. The van der Waals surface area contributed by atoms with Gasteiger partial charge in [-0.3, -0.25) is 9.78 Å². The molecule has 2 N–H and O–H groups in total. The van der Waals surface area contributed by atoms with Crippen LogP contribution >= 0.6 is 11.8 Å². The fraction of sp³-hybridized carbons (Fsp3) is 0.172. The maximum absolute atomic E-state index is 13.4. The summed E-state index contributed by atoms with van der Waals surface area (Å²) < 4.78 is 23.4. The molecule has 2 heterocycles. The summed E-state index contributed by atoms with van der Waals surface area (Å²) in [6, 6.07) is 24.2. The van der Waals surface area contributed by atoms with Crippen molar-refractivity contribution in [1.82, 2.24) is 4.98 Å². The number of carbonyl (C=O) groups excluding carboxylic acids is 1. The number of nitrogens with zero attached hydrogens (tertiary/aromatic N) is 2. The molecule has 9 heteroatoms. The normalized spacial score (nSPS) is 18.2. The molecular weight excluding hydrogens is 520 g/mol. The Bertz CT molecular complexity index is 1530. The lowest BCUT2D eigenvalue weighted by atomic mass is 9.92. The van der Waals surface area contributed by atoms with Gasteiger partial charge in [0.15, 0.2) is 9.84 Å². The molecule has 38 heavy (non-hydrogen) atoms. The molecule has 194 valence electrons. The van der Waals surface area contributed by atoms with E-state index in [9.17, 15) is 23.4 Å². The van der Waals surface area contributed by atoms with Crippen molar-refractivity contribution in [2.75, 3.05) is 16.9 Å². The van der Waals surface area contributed by atoms with Crippen LogP contribution in [0.4, 0.5) is 5.69 Å². The highest BCUT2D eigenvalue weighted by Gasteiger charge is 2.49. The minimum atomic E-state index is -3.32. The summed E-state index contributed by atoms with van der Waals surface area (Å²) in [6.45, 7) is 0. The number of phenolic OH excluding ortho intramolecular Hbond substituents is 1. The number of β-lactam (4-membered cyclic amide) rings is 1. The van der Waals surface area contributed by atoms with Gasteiger partial charge in [-0.25, -0.2) is 8.42 Å². The topological polar surface area (TPSA) is 108 Å². The monoisotopic (exact) mass is 546 g/mol. The van der Waals surface area contributed by atoms with E-state index in [1.54, 1.807) is 53.7 Å². The number of aliphatic hydroxyl groups excluding tert-OH is 1. The van der Waals surface area contributed by atoms with Crippen molar-refractivity contribution in [3.63, 3.8) is 0 Å². The van der Waals surface area contributed by atoms with Crippen molar-refractivity contribution in [3.05, 3.63) is 108 Å². The van der Waals surface area contributed by atoms with Gasteiger partial charge < -0.3 is 15.1 Å². The van der Waals surface area contributed by atoms with E-state index in [-0.39, 0.29) is 28.3 Å². The Morgan fingerprint density at radius 1 is 0.947 bits per heavy atom. The molecule has 0 aliphatic carbocycles. The van der Waals surface area contributed by atoms with Crippen LogP contribution in [0.3, 0.4) is 0 Å². The van der Waals surface area contributed by atoms with E-state index < -0.39 is 21.2 Å². The van der Waals surface area contributed by atoms with E-state index in [4.69, 9.17) is 0 Å². The number of aromatic hydroxyl groups is 1. The van der Waals surface area contributed by atoms with E-state index in [0.717, 1.165) is 28.6 Å². The Hall–Kier alpha value is -3.66. The highest BCUT2D eigenvalue weighted by molar-refractivity contribution is 8.00. The van der Waals surface area contributed by atoms with Crippen LogP contribution < -0.4 is 4.90 Å². The Morgan fingerprint density at radius 3 is 2.24 bits per heavy atom. The van der Waals surface area contributed by atoms with Crippen molar-refractivity contribution in [1.29, 1.82) is 0 Å². The van der Waals surface area contributed by atoms with E-state index in [0.29, 0.717) is 5.56 Å². The maximum Gasteiger partial charge on any atom is 0.243 e. The Labute approximate surface area is 225 Å². The third kappa shape index (κ3) is 5.31. The molecule has 0 radical (unpaired) electrons. The fourth-order valence-corrected chi connectivity index (χ4v) is 6.41. The molecule has 1 amide bonds. The zero-order chi connectivity index (χ0) is 26.9. The quantitative estimate of drug-likeness (QED) is 0.306. The van der Waals surface area contributed by atoms with Crippen LogP contribution in [0.2, 0.25) is 0 Å². The SMILES string of the molecule is CS(=O)(=O)c1ccc([C@@H](O)CS[C@H]2C(=O)N(c3ccc(-c4cccnc4)cc3)[C@@H]2c2ccc(O)cc2)cc1. The van der Waals surface area contributed by atoms with E-state index in [1.807, 2.05) is 36.4 Å². The largest absolute Gasteiger partial charge is 0.508 e. The number of rotatable bonds is 8. The van der Waals surface area contributed by atoms with Crippen molar-refractivity contribution < 1.29 is 23.4 Å². The average molecular weight is 547 g/mol. The zero-order valence-electron chi connectivity index (χ0n) is 20.5. The van der Waals surface area contributed by atoms with Crippen LogP contribution in [0.15, 0.2) is 102 Å². The first-order valence-electron chi connectivity index (χ1n) is 11.9. The molecule has 1 aliphatic rings. The lowest BCUT2D eigenvalue weighted by molar-refractivity contribution is -0.123. The predicted octanol–water partition coefficient (Wildman–Crippen LogP) is 4.78. The third-order valence-electron chi connectivity index (χ3n) is 6.55. The maximum atomic E-state index is 13.4. The van der Waals surface area contributed by atoms with Gasteiger partial charge in [0.25, 0.3) is 0 Å². The number of hydrogen-bond donors (Lipinski definition) is 2. The molecule has 0 saturated carbocycles. The van der Waals surface area contributed by atoms with Gasteiger partial charge in [-0.2, -0.15) is 0 Å². The summed E-state index contributed by atoms with van der Waals surface area (Å²) in [7, 11) is -3.32. The first-order chi connectivity index (χ1) is 18.2. The van der Waals surface area contributed by atoms with Crippen molar-refractivity contribution in [3.8, 4) is 16.9 Å². The molecule has 5 rings (SSSR count). The molecule has 1 aromatic heterocycles. The van der Waals surface area contributed by atoms with Crippen LogP contribution in [0.1, 0.15) is 23.3 Å². The number of phenols is 1. The molecule has 3 aromatic carbocycles. The lowest BCUT2D eigenvalue weighted by Gasteiger charge is -2.47. The van der Waals surface area contributed by atoms with Gasteiger partial charge in [-0.15, -0.1) is 11.8 Å². The second-order valence-electron chi connectivity index (χ2n) is 9.14. The van der Waals surface area contributed by atoms with Gasteiger partial charge in [0.1, 0.15) is 11.0 Å². The summed E-state index contributed by atoms with van der Waals surface area (Å²) in [5.74, 6) is 0.336. The average Bonchev–Trinajstić information content (AvgIpc) is 2.92. The molecular formula is C29H26N2O5S2. The first-order valence-corrected chi connectivity index (χ1v) is 14.9. The van der Waals surface area contributed by atoms with Gasteiger partial charge in [0.2, 0.25) is 5.91 Å². The zero-order valence-corrected chi connectivity index (χ0v) is 22.1. The van der Waals surface area contributed by atoms with Crippen LogP contribution in [-0.4, -0.2) is 46.8 Å². The molecule has 3 atom stereocenters. The number of pyridine rings is 1. The number of aromatic nitrogens is 1. The van der Waals surface area contributed by atoms with Crippen molar-refractivity contribution >= 4 is 33.2 Å². The van der Waals surface area contributed by atoms with E-state index in [1.165, 1.54) is 23.9 Å². The van der Waals surface area contributed by atoms with Gasteiger partial charge in [-0.05, 0) is 64.7 Å². The fourth-order valence-electron chi connectivity index (χ4n) is 4.48. The predicted molar refractivity (Wildman–Crippen MR) is 149 cm³/mol. The second kappa shape index (κ2) is 10.6. The summed E-state index contributed by atoms with van der Waals surface area (Å²) in [4.78, 5) is 19.5. The number of thioether (sulfide) groups is 1. The molecule has 0 spiro atoms. The Kier molecular flexibility index (Phi) is 7.25. The van der Waals surface area contributed by atoms with Crippen molar-refractivity contribution in [2.45, 2.75) is 22.3 Å². The molecule has 1 saturated heterocycles. The summed E-state index contributed by atoms with van der Waals surface area (Å²) in [5, 5.41) is 20.1. The number of sulfone groups is 1. The summed E-state index contributed by atoms with van der Waals surface area (Å²) in [5.41, 5.74) is 4.20. The van der Waals surface area contributed by atoms with Gasteiger partial charge in [0, 0.05) is 30.1 Å². The highest BCUT2D eigenvalue weighted by atomic mass is 32.2. The highest BCUT2D eigenvalue weighted by Crippen LogP contribution is 2.46. The number of benzene rings is 3. The van der Waals surface area contributed by atoms with E-state index in [2.05, 4.69) is 4.98 Å². The van der Waals surface area contributed by atoms with E-state index >= 15 is 0 Å². The van der Waals surface area contributed by atoms with Crippen LogP contribution in [0.5, 0.6) is 5.75 Å². The van der Waals surface area contributed by atoms with Crippen LogP contribution in [-0.2, 0) is 14.6 Å². The molecule has 4 aromatic rings. The standard InChI is InChI=1S/C29H26N2O5S2/c1-38(35,36)25-14-8-20(9-15-25)26(33)18-37-28-27(21-6-12-24(32)13-7-21)31(29(28)34)23-10-4-19(5-11-23)22-3-2-16-30-17-22/h2-17,26-28,32-33H,18H2,1H3/t26-,27+,28+/m0/s1. The molecule has 1 fully saturated rings. The molecule has 0 unspecified atom stereocenters. The number of aliphatic hydroxyl groups is 1. The van der Waals surface area contributed by atoms with Gasteiger partial charge in [-0.1, -0.05) is 42.5 Å². The van der Waals surface area contributed by atoms with Crippen molar-refractivity contribution in [2.24, 2.45) is 0 Å². The Morgan fingerprint density at radius 2 is 1.63 bits per heavy atom. The number of carbonyl (C=O) groups is 1. The number of hydrogen-bond acceptors (Lipinski definition) is 7. The Balaban J connectivity index is 1.35. The summed E-state index contributed by atoms with van der Waals surface area (Å²) >= 11 is 1.36. The third-order valence-corrected chi connectivity index (χ3v) is 9.00. The lowest BCUT2D eigenvalue weighted by Crippen LogP contribution is -2.57. The number of amides is 1. The first kappa shape index (κ1) is 26.0. The minimum Gasteiger partial charge on any atom is -0.508 e. The van der Waals surface area contributed by atoms with Gasteiger partial charge in [0.05, 0.1) is 17.0 Å². The summed E-state index contributed by atoms with van der Waals surface area (Å²) in [6.07, 6.45) is 3.78. The smallest absolute Gasteiger partial charge is 0.243 e. The number of anilines is 1. The van der Waals surface area contributed by atoms with Gasteiger partial charge >= 0.3 is 0 Å².